The van der Waals surface area contributed by atoms with E-state index in [0.29, 0.717) is 6.54 Å². The third-order valence-corrected chi connectivity index (χ3v) is 5.85. The van der Waals surface area contributed by atoms with Gasteiger partial charge >= 0.3 is 0 Å². The molecule has 0 radical (unpaired) electrons. The van der Waals surface area contributed by atoms with Crippen molar-refractivity contribution in [3.63, 3.8) is 0 Å². The van der Waals surface area contributed by atoms with E-state index in [9.17, 15) is 0 Å². The molecule has 0 bridgehead atoms. The monoisotopic (exact) mass is 383 g/mol. The normalized spacial score (nSPS) is 12.0. The fraction of sp³-hybridized carbons (Fsp3) is 1.00. The third kappa shape index (κ3) is 19.0. The SMILES string of the molecule is CCCCCCCCCCC(N)(CCCCCCCCCC)CNCCN. The van der Waals surface area contributed by atoms with Crippen LogP contribution in [-0.2, 0) is 0 Å². The minimum Gasteiger partial charge on any atom is -0.329 e. The van der Waals surface area contributed by atoms with E-state index >= 15 is 0 Å². The minimum atomic E-state index is -0.0282. The van der Waals surface area contributed by atoms with Gasteiger partial charge in [0, 0.05) is 25.2 Å². The molecule has 0 amide bonds. The van der Waals surface area contributed by atoms with Gasteiger partial charge in [-0.2, -0.15) is 0 Å². The van der Waals surface area contributed by atoms with Crippen LogP contribution in [0.25, 0.3) is 0 Å². The number of unbranched alkanes of at least 4 members (excludes halogenated alkanes) is 14. The van der Waals surface area contributed by atoms with Crippen LogP contribution in [0.3, 0.4) is 0 Å². The van der Waals surface area contributed by atoms with E-state index in [1.807, 2.05) is 0 Å². The molecule has 0 rings (SSSR count). The van der Waals surface area contributed by atoms with Crippen molar-refractivity contribution in [2.45, 2.75) is 135 Å². The van der Waals surface area contributed by atoms with Gasteiger partial charge < -0.3 is 16.8 Å². The molecule has 0 fully saturated rings. The average molecular weight is 384 g/mol. The lowest BCUT2D eigenvalue weighted by atomic mass is 9.87. The Morgan fingerprint density at radius 2 is 0.963 bits per heavy atom. The molecule has 0 aromatic rings. The van der Waals surface area contributed by atoms with E-state index in [1.165, 1.54) is 103 Å². The van der Waals surface area contributed by atoms with Gasteiger partial charge in [-0.25, -0.2) is 0 Å². The van der Waals surface area contributed by atoms with Crippen molar-refractivity contribution < 1.29 is 0 Å². The van der Waals surface area contributed by atoms with E-state index in [4.69, 9.17) is 11.5 Å². The summed E-state index contributed by atoms with van der Waals surface area (Å²) in [6.45, 7) is 7.08. The Hall–Kier alpha value is -0.120. The highest BCUT2D eigenvalue weighted by Crippen LogP contribution is 2.21. The first kappa shape index (κ1) is 26.9. The van der Waals surface area contributed by atoms with Gasteiger partial charge in [-0.05, 0) is 12.8 Å². The predicted molar refractivity (Wildman–Crippen MR) is 123 cm³/mol. The van der Waals surface area contributed by atoms with Crippen molar-refractivity contribution in [1.29, 1.82) is 0 Å². The molecule has 0 aliphatic carbocycles. The fourth-order valence-corrected chi connectivity index (χ4v) is 3.96. The summed E-state index contributed by atoms with van der Waals surface area (Å²) in [4.78, 5) is 0. The Labute approximate surface area is 171 Å². The average Bonchev–Trinajstić information content (AvgIpc) is 2.66. The van der Waals surface area contributed by atoms with Gasteiger partial charge in [0.15, 0.2) is 0 Å². The molecule has 3 heteroatoms. The molecular weight excluding hydrogens is 330 g/mol. The topological polar surface area (TPSA) is 64.1 Å². The molecule has 164 valence electrons. The second kappa shape index (κ2) is 20.6. The van der Waals surface area contributed by atoms with E-state index in [0.717, 1.165) is 25.9 Å². The first-order chi connectivity index (χ1) is 13.2. The van der Waals surface area contributed by atoms with Crippen molar-refractivity contribution in [3.8, 4) is 0 Å². The second-order valence-electron chi connectivity index (χ2n) is 8.78. The van der Waals surface area contributed by atoms with Crippen molar-refractivity contribution in [2.75, 3.05) is 19.6 Å². The quantitative estimate of drug-likeness (QED) is 0.192. The Balaban J connectivity index is 3.87. The van der Waals surface area contributed by atoms with E-state index in [1.54, 1.807) is 0 Å². The van der Waals surface area contributed by atoms with Gasteiger partial charge in [0.25, 0.3) is 0 Å². The van der Waals surface area contributed by atoms with E-state index < -0.39 is 0 Å². The Bertz CT molecular complexity index is 261. The summed E-state index contributed by atoms with van der Waals surface area (Å²) in [5.41, 5.74) is 12.4. The molecule has 0 heterocycles. The van der Waals surface area contributed by atoms with Crippen molar-refractivity contribution in [2.24, 2.45) is 11.5 Å². The van der Waals surface area contributed by atoms with Crippen molar-refractivity contribution in [3.05, 3.63) is 0 Å². The molecule has 27 heavy (non-hydrogen) atoms. The molecule has 0 unspecified atom stereocenters. The third-order valence-electron chi connectivity index (χ3n) is 5.85. The van der Waals surface area contributed by atoms with Crippen LogP contribution >= 0.6 is 0 Å². The van der Waals surface area contributed by atoms with Gasteiger partial charge in [0.2, 0.25) is 0 Å². The van der Waals surface area contributed by atoms with Gasteiger partial charge in [0.05, 0.1) is 0 Å². The first-order valence-corrected chi connectivity index (χ1v) is 12.4. The number of nitrogens with two attached hydrogens (primary N) is 2. The smallest absolute Gasteiger partial charge is 0.0280 e. The molecule has 5 N–H and O–H groups in total. The molecule has 0 spiro atoms. The fourth-order valence-electron chi connectivity index (χ4n) is 3.96. The lowest BCUT2D eigenvalue weighted by Crippen LogP contribution is -2.49. The Morgan fingerprint density at radius 3 is 1.33 bits per heavy atom. The minimum absolute atomic E-state index is 0.0282. The van der Waals surface area contributed by atoms with Crippen LogP contribution < -0.4 is 16.8 Å². The summed E-state index contributed by atoms with van der Waals surface area (Å²) < 4.78 is 0. The van der Waals surface area contributed by atoms with Crippen LogP contribution in [0.5, 0.6) is 0 Å². The standard InChI is InChI=1S/C24H53N3/c1-3-5-7-9-11-13-15-17-19-24(26,23-27-22-21-25)20-18-16-14-12-10-8-6-4-2/h27H,3-23,25-26H2,1-2H3. The molecule has 0 saturated heterocycles. The molecule has 0 saturated carbocycles. The van der Waals surface area contributed by atoms with Crippen LogP contribution in [0.1, 0.15) is 129 Å². The molecule has 0 aromatic carbocycles. The van der Waals surface area contributed by atoms with Gasteiger partial charge in [-0.1, -0.05) is 117 Å². The maximum Gasteiger partial charge on any atom is 0.0280 e. The molecule has 0 aliphatic rings. The highest BCUT2D eigenvalue weighted by atomic mass is 14.9. The summed E-state index contributed by atoms with van der Waals surface area (Å²) in [7, 11) is 0. The number of hydrogen-bond acceptors (Lipinski definition) is 3. The summed E-state index contributed by atoms with van der Waals surface area (Å²) >= 11 is 0. The van der Waals surface area contributed by atoms with Crippen LogP contribution in [0.15, 0.2) is 0 Å². The predicted octanol–water partition coefficient (Wildman–Crippen LogP) is 6.29. The van der Waals surface area contributed by atoms with Crippen LogP contribution in [-0.4, -0.2) is 25.2 Å². The summed E-state index contributed by atoms with van der Waals surface area (Å²) in [6.07, 6.45) is 24.3. The zero-order valence-corrected chi connectivity index (χ0v) is 19.0. The molecular formula is C24H53N3. The molecule has 0 aliphatic heterocycles. The summed E-state index contributed by atoms with van der Waals surface area (Å²) in [6, 6.07) is 0. The van der Waals surface area contributed by atoms with Crippen LogP contribution in [0, 0.1) is 0 Å². The lowest BCUT2D eigenvalue weighted by molar-refractivity contribution is 0.319. The maximum absolute atomic E-state index is 6.80. The molecule has 0 atom stereocenters. The zero-order valence-electron chi connectivity index (χ0n) is 19.0. The second-order valence-corrected chi connectivity index (χ2v) is 8.78. The maximum atomic E-state index is 6.80. The van der Waals surface area contributed by atoms with Gasteiger partial charge in [0.1, 0.15) is 0 Å². The highest BCUT2D eigenvalue weighted by Gasteiger charge is 2.23. The van der Waals surface area contributed by atoms with Crippen LogP contribution in [0.4, 0.5) is 0 Å². The summed E-state index contributed by atoms with van der Waals surface area (Å²) in [5.74, 6) is 0. The molecule has 3 nitrogen and oxygen atoms in total. The highest BCUT2D eigenvalue weighted by molar-refractivity contribution is 4.86. The number of hydrogen-bond donors (Lipinski definition) is 3. The number of rotatable bonds is 22. The largest absolute Gasteiger partial charge is 0.329 e. The zero-order chi connectivity index (χ0) is 20.1. The Kier molecular flexibility index (Phi) is 20.5. The van der Waals surface area contributed by atoms with Gasteiger partial charge in [-0.3, -0.25) is 0 Å². The summed E-state index contributed by atoms with van der Waals surface area (Å²) in [5, 5.41) is 3.48. The van der Waals surface area contributed by atoms with Crippen LogP contribution in [0.2, 0.25) is 0 Å². The van der Waals surface area contributed by atoms with Crippen molar-refractivity contribution in [1.82, 2.24) is 5.32 Å². The molecule has 0 aromatic heterocycles. The lowest BCUT2D eigenvalue weighted by Gasteiger charge is -2.30. The van der Waals surface area contributed by atoms with E-state index in [2.05, 4.69) is 19.2 Å². The van der Waals surface area contributed by atoms with Gasteiger partial charge in [-0.15, -0.1) is 0 Å². The number of nitrogens with one attached hydrogen (secondary N) is 1. The first-order valence-electron chi connectivity index (χ1n) is 12.4. The van der Waals surface area contributed by atoms with E-state index in [-0.39, 0.29) is 5.54 Å². The Morgan fingerprint density at radius 1 is 0.593 bits per heavy atom. The van der Waals surface area contributed by atoms with Crippen molar-refractivity contribution >= 4 is 0 Å².